The van der Waals surface area contributed by atoms with Crippen molar-refractivity contribution in [2.75, 3.05) is 12.8 Å². The summed E-state index contributed by atoms with van der Waals surface area (Å²) in [4.78, 5) is 4.10. The molecule has 0 spiro atoms. The van der Waals surface area contributed by atoms with Gasteiger partial charge in [-0.1, -0.05) is 0 Å². The molecule has 0 bridgehead atoms. The number of nitrogens with zero attached hydrogens (tertiary/aromatic N) is 2. The van der Waals surface area contributed by atoms with Crippen LogP contribution in [0.3, 0.4) is 0 Å². The molecule has 4 nitrogen and oxygen atoms in total. The number of rotatable bonds is 0. The Hall–Kier alpha value is -1.97. The first kappa shape index (κ1) is 8.62. The summed E-state index contributed by atoms with van der Waals surface area (Å²) in [6.07, 6.45) is 3.13. The summed E-state index contributed by atoms with van der Waals surface area (Å²) in [5.74, 6) is 0. The highest BCUT2D eigenvalue weighted by atomic mass is 16.5. The highest BCUT2D eigenvalue weighted by molar-refractivity contribution is 5.76. The molecule has 1 aliphatic heterocycles. The highest BCUT2D eigenvalue weighted by Gasteiger charge is 2.07. The largest absolute Gasteiger partial charge is 0.429 e. The smallest absolute Gasteiger partial charge is 0.0666 e. The van der Waals surface area contributed by atoms with E-state index in [1.54, 1.807) is 19.3 Å². The zero-order chi connectivity index (χ0) is 10.1. The van der Waals surface area contributed by atoms with Gasteiger partial charge in [-0.15, -0.1) is 0 Å². The molecular weight excluding hydrogens is 178 g/mol. The van der Waals surface area contributed by atoms with Gasteiger partial charge in [0.05, 0.1) is 11.6 Å². The van der Waals surface area contributed by atoms with Crippen molar-refractivity contribution in [1.82, 2.24) is 4.73 Å². The third-order valence-corrected chi connectivity index (χ3v) is 2.19. The Labute approximate surface area is 81.2 Å². The number of nitrogen functional groups attached to an aromatic ring is 1. The van der Waals surface area contributed by atoms with Crippen LogP contribution in [0, 0.1) is 0 Å². The van der Waals surface area contributed by atoms with Crippen LogP contribution >= 0.6 is 0 Å². The van der Waals surface area contributed by atoms with Gasteiger partial charge in [0.2, 0.25) is 0 Å². The molecule has 4 heteroatoms. The van der Waals surface area contributed by atoms with E-state index < -0.39 is 0 Å². The number of nitrogens with two attached hydrogens (primary N) is 1. The Morgan fingerprint density at radius 2 is 2.07 bits per heavy atom. The van der Waals surface area contributed by atoms with E-state index in [-0.39, 0.29) is 0 Å². The van der Waals surface area contributed by atoms with E-state index in [1.807, 2.05) is 12.1 Å². The van der Waals surface area contributed by atoms with E-state index in [0.29, 0.717) is 5.69 Å². The topological polar surface area (TPSA) is 63.5 Å². The summed E-state index contributed by atoms with van der Waals surface area (Å²) in [6, 6.07) is 5.41. The molecule has 3 N–H and O–H groups in total. The van der Waals surface area contributed by atoms with Crippen molar-refractivity contribution < 1.29 is 5.21 Å². The Kier molecular flexibility index (Phi) is 1.89. The van der Waals surface area contributed by atoms with Crippen LogP contribution < -0.4 is 11.1 Å². The lowest BCUT2D eigenvalue weighted by Gasteiger charge is -2.09. The van der Waals surface area contributed by atoms with E-state index in [9.17, 15) is 5.21 Å². The maximum absolute atomic E-state index is 9.28. The maximum atomic E-state index is 9.28. The zero-order valence-corrected chi connectivity index (χ0v) is 7.81. The van der Waals surface area contributed by atoms with Gasteiger partial charge < -0.3 is 10.9 Å². The van der Waals surface area contributed by atoms with Gasteiger partial charge in [0.15, 0.2) is 0 Å². The molecule has 0 aromatic heterocycles. The predicted octanol–water partition coefficient (Wildman–Crippen LogP) is 0.943. The van der Waals surface area contributed by atoms with E-state index in [1.165, 1.54) is 6.20 Å². The van der Waals surface area contributed by atoms with Crippen molar-refractivity contribution in [1.29, 1.82) is 0 Å². The first-order valence-electron chi connectivity index (χ1n) is 4.25. The summed E-state index contributed by atoms with van der Waals surface area (Å²) >= 11 is 0. The molecule has 1 aliphatic carbocycles. The molecule has 0 saturated heterocycles. The molecule has 0 unspecified atom stereocenters. The Bertz CT molecular complexity index is 501. The third-order valence-electron chi connectivity index (χ3n) is 2.19. The summed E-state index contributed by atoms with van der Waals surface area (Å²) in [6.45, 7) is 0. The Morgan fingerprint density at radius 1 is 1.29 bits per heavy atom. The van der Waals surface area contributed by atoms with Crippen molar-refractivity contribution in [3.05, 3.63) is 36.0 Å². The number of fused-ring (bicyclic) bond motifs is 1. The van der Waals surface area contributed by atoms with Gasteiger partial charge >= 0.3 is 0 Å². The number of hydrogen-bond donors (Lipinski definition) is 2. The number of benzene rings is 1. The van der Waals surface area contributed by atoms with Gasteiger partial charge in [0, 0.05) is 30.1 Å². The van der Waals surface area contributed by atoms with Crippen molar-refractivity contribution >= 4 is 5.69 Å². The minimum atomic E-state index is 0.688. The van der Waals surface area contributed by atoms with Crippen LogP contribution in [0.25, 0.3) is 11.1 Å². The van der Waals surface area contributed by atoms with E-state index in [0.717, 1.165) is 21.2 Å². The molecule has 0 aromatic carbocycles. The van der Waals surface area contributed by atoms with Crippen LogP contribution in [0.1, 0.15) is 0 Å². The normalized spacial score (nSPS) is 12.2. The highest BCUT2D eigenvalue weighted by Crippen LogP contribution is 2.23. The summed E-state index contributed by atoms with van der Waals surface area (Å²) in [5.41, 5.74) is 8.23. The van der Waals surface area contributed by atoms with Crippen LogP contribution in [0.5, 0.6) is 0 Å². The minimum Gasteiger partial charge on any atom is -0.429 e. The summed E-state index contributed by atoms with van der Waals surface area (Å²) < 4.78 is 0.996. The van der Waals surface area contributed by atoms with Gasteiger partial charge in [-0.05, 0) is 18.2 Å². The predicted molar refractivity (Wildman–Crippen MR) is 54.1 cm³/mol. The Balaban J connectivity index is 2.91. The molecule has 0 radical (unpaired) electrons. The molecule has 0 saturated carbocycles. The molecule has 0 atom stereocenters. The molecule has 14 heavy (non-hydrogen) atoms. The van der Waals surface area contributed by atoms with Gasteiger partial charge in [-0.25, -0.2) is 4.73 Å². The van der Waals surface area contributed by atoms with Crippen molar-refractivity contribution in [2.45, 2.75) is 0 Å². The van der Waals surface area contributed by atoms with E-state index in [2.05, 4.69) is 4.99 Å². The van der Waals surface area contributed by atoms with Gasteiger partial charge in [0.1, 0.15) is 0 Å². The lowest BCUT2D eigenvalue weighted by molar-refractivity contribution is 0.184. The van der Waals surface area contributed by atoms with Gasteiger partial charge in [-0.2, -0.15) is 0 Å². The fourth-order valence-electron chi connectivity index (χ4n) is 1.48. The summed E-state index contributed by atoms with van der Waals surface area (Å²) in [5, 5.41) is 10.1. The quantitative estimate of drug-likeness (QED) is 0.478. The average molecular weight is 189 g/mol. The molecule has 72 valence electrons. The lowest BCUT2D eigenvalue weighted by atomic mass is 10.0. The van der Waals surface area contributed by atoms with E-state index >= 15 is 0 Å². The maximum Gasteiger partial charge on any atom is 0.0666 e. The average Bonchev–Trinajstić information content (AvgIpc) is 2.18. The zero-order valence-electron chi connectivity index (χ0n) is 7.81. The minimum absolute atomic E-state index is 0.688. The molecule has 2 aliphatic rings. The molecule has 0 fully saturated rings. The lowest BCUT2D eigenvalue weighted by Crippen LogP contribution is -2.10. The molecule has 0 aromatic rings. The number of anilines is 1. The van der Waals surface area contributed by atoms with Crippen molar-refractivity contribution in [2.24, 2.45) is 4.99 Å². The molecule has 0 amide bonds. The molecule has 1 heterocycles. The fourth-order valence-corrected chi connectivity index (χ4v) is 1.48. The van der Waals surface area contributed by atoms with E-state index in [4.69, 9.17) is 5.73 Å². The second-order valence-corrected chi connectivity index (χ2v) is 3.05. The first-order valence-corrected chi connectivity index (χ1v) is 4.25. The van der Waals surface area contributed by atoms with Crippen molar-refractivity contribution in [3.8, 4) is 11.1 Å². The standard InChI is InChI=1S/C10H11N3O/c1-12-10-3-2-9(11)7-4-5-13(14)6-8(7)10/h2-6,14H,11H2,1H3. The summed E-state index contributed by atoms with van der Waals surface area (Å²) in [7, 11) is 1.71. The monoisotopic (exact) mass is 189 g/mol. The Morgan fingerprint density at radius 3 is 2.79 bits per heavy atom. The van der Waals surface area contributed by atoms with Gasteiger partial charge in [0.25, 0.3) is 0 Å². The van der Waals surface area contributed by atoms with Crippen LogP contribution in [0.15, 0.2) is 35.6 Å². The van der Waals surface area contributed by atoms with Crippen LogP contribution in [0.4, 0.5) is 5.69 Å². The molecular formula is C10H11N3O. The number of hydrogen-bond acceptors (Lipinski definition) is 3. The number of aromatic nitrogens is 1. The third kappa shape index (κ3) is 1.21. The second-order valence-electron chi connectivity index (χ2n) is 3.05. The second kappa shape index (κ2) is 3.06. The first-order chi connectivity index (χ1) is 6.72. The SMILES string of the molecule is CN=c1ccc(N)c2ccn(O)cc1-2. The van der Waals surface area contributed by atoms with Crippen LogP contribution in [0.2, 0.25) is 0 Å². The fraction of sp³-hybridized carbons (Fsp3) is 0.100. The van der Waals surface area contributed by atoms with Crippen LogP contribution in [-0.4, -0.2) is 17.0 Å². The molecule has 2 rings (SSSR count). The van der Waals surface area contributed by atoms with Crippen molar-refractivity contribution in [3.63, 3.8) is 0 Å². The van der Waals surface area contributed by atoms with Gasteiger partial charge in [-0.3, -0.25) is 4.99 Å². The van der Waals surface area contributed by atoms with Crippen LogP contribution in [-0.2, 0) is 0 Å². The number of pyridine rings is 1.